The first kappa shape index (κ1) is 18.4. The fraction of sp³-hybridized carbons (Fsp3) is 0. The first-order valence-electron chi connectivity index (χ1n) is 8.42. The Morgan fingerprint density at radius 1 is 0.966 bits per heavy atom. The van der Waals surface area contributed by atoms with Gasteiger partial charge in [0.05, 0.1) is 11.1 Å². The molecule has 0 saturated heterocycles. The molecule has 29 heavy (non-hydrogen) atoms. The number of nitrogens with zero attached hydrogens (tertiary/aromatic N) is 1. The summed E-state index contributed by atoms with van der Waals surface area (Å²) in [6, 6.07) is 9.03. The number of carbonyl (C=O) groups is 2. The second kappa shape index (κ2) is 6.90. The van der Waals surface area contributed by atoms with E-state index < -0.39 is 40.3 Å². The average molecular weight is 395 g/mol. The van der Waals surface area contributed by atoms with Gasteiger partial charge in [0.15, 0.2) is 0 Å². The summed E-state index contributed by atoms with van der Waals surface area (Å²) >= 11 is 0. The first-order chi connectivity index (χ1) is 13.9. The van der Waals surface area contributed by atoms with Crippen molar-refractivity contribution in [3.05, 3.63) is 89.0 Å². The number of primary amides is 1. The molecule has 0 spiro atoms. The first-order valence-corrected chi connectivity index (χ1v) is 8.42. The van der Waals surface area contributed by atoms with Gasteiger partial charge in [-0.2, -0.15) is 0 Å². The zero-order chi connectivity index (χ0) is 20.7. The Bertz CT molecular complexity index is 1300. The number of aromatic amines is 1. The molecule has 0 radical (unpaired) electrons. The average Bonchev–Trinajstić information content (AvgIpc) is 3.10. The number of benzene rings is 2. The third-order valence-electron chi connectivity index (χ3n) is 4.52. The maximum atomic E-state index is 14.6. The number of aromatic nitrogens is 2. The molecule has 0 saturated carbocycles. The minimum atomic E-state index is -1.33. The number of amides is 1. The van der Waals surface area contributed by atoms with Crippen molar-refractivity contribution in [1.29, 1.82) is 0 Å². The Labute approximate surface area is 162 Å². The predicted molar refractivity (Wildman–Crippen MR) is 99.8 cm³/mol. The summed E-state index contributed by atoms with van der Waals surface area (Å²) in [6.07, 6.45) is 2.75. The van der Waals surface area contributed by atoms with E-state index in [2.05, 4.69) is 9.97 Å². The Kier molecular flexibility index (Phi) is 4.38. The monoisotopic (exact) mass is 395 g/mol. The normalized spacial score (nSPS) is 11.0. The zero-order valence-electron chi connectivity index (χ0n) is 14.7. The van der Waals surface area contributed by atoms with Crippen molar-refractivity contribution in [2.24, 2.45) is 5.73 Å². The molecule has 0 aliphatic heterocycles. The molecule has 2 aromatic carbocycles. The molecule has 0 bridgehead atoms. The highest BCUT2D eigenvalue weighted by molar-refractivity contribution is 6.17. The highest BCUT2D eigenvalue weighted by Crippen LogP contribution is 2.28. The van der Waals surface area contributed by atoms with Crippen molar-refractivity contribution < 1.29 is 22.8 Å². The Balaban J connectivity index is 1.87. The van der Waals surface area contributed by atoms with E-state index in [-0.39, 0.29) is 5.56 Å². The van der Waals surface area contributed by atoms with Crippen molar-refractivity contribution in [2.75, 3.05) is 0 Å². The predicted octanol–water partition coefficient (Wildman–Crippen LogP) is 3.98. The van der Waals surface area contributed by atoms with Crippen molar-refractivity contribution in [3.8, 4) is 11.1 Å². The molecule has 0 aliphatic carbocycles. The van der Waals surface area contributed by atoms with Gasteiger partial charge in [0.1, 0.15) is 23.1 Å². The summed E-state index contributed by atoms with van der Waals surface area (Å²) < 4.78 is 42.4. The van der Waals surface area contributed by atoms with Gasteiger partial charge in [-0.3, -0.25) is 9.59 Å². The van der Waals surface area contributed by atoms with E-state index in [1.54, 1.807) is 12.1 Å². The van der Waals surface area contributed by atoms with Gasteiger partial charge < -0.3 is 10.7 Å². The lowest BCUT2D eigenvalue weighted by Crippen LogP contribution is -2.17. The van der Waals surface area contributed by atoms with Crippen LogP contribution in [0.4, 0.5) is 13.2 Å². The number of H-pyrrole nitrogens is 1. The van der Waals surface area contributed by atoms with Gasteiger partial charge in [0, 0.05) is 28.9 Å². The van der Waals surface area contributed by atoms with Crippen molar-refractivity contribution in [2.45, 2.75) is 0 Å². The van der Waals surface area contributed by atoms with Crippen LogP contribution in [0.5, 0.6) is 0 Å². The SMILES string of the molecule is NC(=O)c1ccc(F)c(C(=O)c2c[nH]c3ncc(-c4cccc(F)c4)cc23)c1F. The van der Waals surface area contributed by atoms with Crippen LogP contribution in [0.1, 0.15) is 26.3 Å². The number of ketones is 1. The van der Waals surface area contributed by atoms with E-state index >= 15 is 0 Å². The van der Waals surface area contributed by atoms with Crippen molar-refractivity contribution in [1.82, 2.24) is 9.97 Å². The van der Waals surface area contributed by atoms with Crippen LogP contribution < -0.4 is 5.73 Å². The number of halogens is 3. The summed E-state index contributed by atoms with van der Waals surface area (Å²) in [5.74, 6) is -4.99. The quantitative estimate of drug-likeness (QED) is 0.513. The summed E-state index contributed by atoms with van der Waals surface area (Å²) in [6.45, 7) is 0. The molecular weight excluding hydrogens is 383 g/mol. The molecule has 1 amide bonds. The maximum absolute atomic E-state index is 14.6. The van der Waals surface area contributed by atoms with E-state index in [0.29, 0.717) is 22.2 Å². The van der Waals surface area contributed by atoms with E-state index in [4.69, 9.17) is 5.73 Å². The topological polar surface area (TPSA) is 88.8 Å². The Morgan fingerprint density at radius 3 is 2.48 bits per heavy atom. The number of rotatable bonds is 4. The standard InChI is InChI=1S/C21H12F3N3O2/c22-12-3-1-2-10(6-12)11-7-14-15(9-27-21(14)26-8-11)19(28)17-16(23)5-4-13(18(17)24)20(25)29/h1-9H,(H2,25,29)(H,26,27). The van der Waals surface area contributed by atoms with E-state index in [1.807, 2.05) is 0 Å². The zero-order valence-corrected chi connectivity index (χ0v) is 14.7. The van der Waals surface area contributed by atoms with Gasteiger partial charge in [-0.1, -0.05) is 12.1 Å². The molecule has 2 heterocycles. The van der Waals surface area contributed by atoms with E-state index in [1.165, 1.54) is 30.6 Å². The Hall–Kier alpha value is -3.94. The molecule has 0 aliphatic rings. The van der Waals surface area contributed by atoms with Gasteiger partial charge in [-0.25, -0.2) is 18.2 Å². The van der Waals surface area contributed by atoms with E-state index in [9.17, 15) is 22.8 Å². The summed E-state index contributed by atoms with van der Waals surface area (Å²) in [5.41, 5.74) is 4.89. The molecule has 0 unspecified atom stereocenters. The van der Waals surface area contributed by atoms with Crippen molar-refractivity contribution >= 4 is 22.7 Å². The molecule has 2 aromatic heterocycles. The van der Waals surface area contributed by atoms with E-state index in [0.717, 1.165) is 12.1 Å². The second-order valence-electron chi connectivity index (χ2n) is 6.31. The van der Waals surface area contributed by atoms with Crippen LogP contribution in [0, 0.1) is 17.5 Å². The number of hydrogen-bond acceptors (Lipinski definition) is 3. The molecule has 0 atom stereocenters. The lowest BCUT2D eigenvalue weighted by atomic mass is 9.98. The van der Waals surface area contributed by atoms with Crippen LogP contribution in [-0.2, 0) is 0 Å². The third kappa shape index (κ3) is 3.14. The van der Waals surface area contributed by atoms with Gasteiger partial charge in [0.25, 0.3) is 5.91 Å². The molecule has 0 fully saturated rings. The molecule has 5 nitrogen and oxygen atoms in total. The van der Waals surface area contributed by atoms with Crippen LogP contribution in [0.15, 0.2) is 54.9 Å². The fourth-order valence-electron chi connectivity index (χ4n) is 3.10. The molecule has 4 aromatic rings. The van der Waals surface area contributed by atoms with Gasteiger partial charge in [-0.05, 0) is 35.9 Å². The largest absolute Gasteiger partial charge is 0.366 e. The number of nitrogens with one attached hydrogen (secondary N) is 1. The summed E-state index contributed by atoms with van der Waals surface area (Å²) in [7, 11) is 0. The van der Waals surface area contributed by atoms with Gasteiger partial charge in [-0.15, -0.1) is 0 Å². The third-order valence-corrected chi connectivity index (χ3v) is 4.52. The molecule has 4 rings (SSSR count). The number of pyridine rings is 1. The number of nitrogens with two attached hydrogens (primary N) is 1. The van der Waals surface area contributed by atoms with Gasteiger partial charge in [0.2, 0.25) is 5.78 Å². The number of fused-ring (bicyclic) bond motifs is 1. The minimum Gasteiger partial charge on any atom is -0.366 e. The van der Waals surface area contributed by atoms with Crippen LogP contribution in [0.3, 0.4) is 0 Å². The summed E-state index contributed by atoms with van der Waals surface area (Å²) in [4.78, 5) is 31.2. The maximum Gasteiger partial charge on any atom is 0.251 e. The smallest absolute Gasteiger partial charge is 0.251 e. The highest BCUT2D eigenvalue weighted by Gasteiger charge is 2.25. The lowest BCUT2D eigenvalue weighted by molar-refractivity contribution is 0.0996. The molecular formula is C21H12F3N3O2. The van der Waals surface area contributed by atoms with Gasteiger partial charge >= 0.3 is 0 Å². The minimum absolute atomic E-state index is 0.0508. The fourth-order valence-corrected chi connectivity index (χ4v) is 3.10. The molecule has 8 heteroatoms. The van der Waals surface area contributed by atoms with Crippen LogP contribution in [-0.4, -0.2) is 21.7 Å². The Morgan fingerprint density at radius 2 is 1.76 bits per heavy atom. The van der Waals surface area contributed by atoms with Crippen LogP contribution in [0.2, 0.25) is 0 Å². The van der Waals surface area contributed by atoms with Crippen molar-refractivity contribution in [3.63, 3.8) is 0 Å². The molecule has 3 N–H and O–H groups in total. The number of hydrogen-bond donors (Lipinski definition) is 2. The molecule has 144 valence electrons. The summed E-state index contributed by atoms with van der Waals surface area (Å²) in [5, 5.41) is 0.292. The lowest BCUT2D eigenvalue weighted by Gasteiger charge is -2.07. The number of carbonyl (C=O) groups excluding carboxylic acids is 2. The second-order valence-corrected chi connectivity index (χ2v) is 6.31. The highest BCUT2D eigenvalue weighted by atomic mass is 19.1. The van der Waals surface area contributed by atoms with Crippen LogP contribution in [0.25, 0.3) is 22.2 Å². The van der Waals surface area contributed by atoms with Crippen LogP contribution >= 0.6 is 0 Å².